The van der Waals surface area contributed by atoms with E-state index >= 15 is 0 Å². The fourth-order valence-corrected chi connectivity index (χ4v) is 2.87. The number of nitrogens with zero attached hydrogens (tertiary/aromatic N) is 1. The highest BCUT2D eigenvalue weighted by molar-refractivity contribution is 5.95. The van der Waals surface area contributed by atoms with Gasteiger partial charge < -0.3 is 19.7 Å². The molecule has 156 valence electrons. The summed E-state index contributed by atoms with van der Waals surface area (Å²) in [5, 5.41) is 2.85. The maximum Gasteiger partial charge on any atom is 0.253 e. The molecule has 2 aromatic rings. The lowest BCUT2D eigenvalue weighted by Gasteiger charge is -2.18. The van der Waals surface area contributed by atoms with E-state index in [1.165, 1.54) is 0 Å². The minimum atomic E-state index is -0.0884. The van der Waals surface area contributed by atoms with Gasteiger partial charge in [0.05, 0.1) is 13.2 Å². The fourth-order valence-electron chi connectivity index (χ4n) is 2.87. The molecular weight excluding hydrogens is 368 g/mol. The van der Waals surface area contributed by atoms with Gasteiger partial charge in [-0.1, -0.05) is 12.1 Å². The van der Waals surface area contributed by atoms with Crippen LogP contribution in [0, 0.1) is 0 Å². The van der Waals surface area contributed by atoms with E-state index < -0.39 is 0 Å². The monoisotopic (exact) mass is 398 g/mol. The number of amides is 2. The van der Waals surface area contributed by atoms with E-state index in [1.54, 1.807) is 29.2 Å². The van der Waals surface area contributed by atoms with Gasteiger partial charge in [0.2, 0.25) is 5.91 Å². The maximum atomic E-state index is 12.3. The van der Waals surface area contributed by atoms with E-state index in [0.29, 0.717) is 61.9 Å². The van der Waals surface area contributed by atoms with Crippen molar-refractivity contribution in [2.75, 3.05) is 31.6 Å². The van der Waals surface area contributed by atoms with Gasteiger partial charge in [-0.3, -0.25) is 9.59 Å². The number of hydrogen-bond acceptors (Lipinski definition) is 4. The van der Waals surface area contributed by atoms with Crippen molar-refractivity contribution in [3.63, 3.8) is 0 Å². The average Bonchev–Trinajstić information content (AvgIpc) is 2.74. The molecule has 6 nitrogen and oxygen atoms in total. The molecule has 0 aliphatic rings. The molecule has 0 aromatic heterocycles. The first-order valence-corrected chi connectivity index (χ1v) is 10.1. The van der Waals surface area contributed by atoms with E-state index in [0.717, 1.165) is 0 Å². The zero-order valence-electron chi connectivity index (χ0n) is 17.4. The van der Waals surface area contributed by atoms with Crippen LogP contribution in [0.1, 0.15) is 44.0 Å². The van der Waals surface area contributed by atoms with Crippen LogP contribution in [-0.4, -0.2) is 43.0 Å². The first-order chi connectivity index (χ1) is 14.1. The third-order valence-electron chi connectivity index (χ3n) is 4.42. The molecule has 0 aliphatic heterocycles. The summed E-state index contributed by atoms with van der Waals surface area (Å²) in [6.45, 7) is 8.17. The highest BCUT2D eigenvalue weighted by atomic mass is 16.5. The van der Waals surface area contributed by atoms with Gasteiger partial charge in [-0.05, 0) is 63.6 Å². The summed E-state index contributed by atoms with van der Waals surface area (Å²) >= 11 is 0. The Kier molecular flexibility index (Phi) is 9.02. The van der Waals surface area contributed by atoms with E-state index in [4.69, 9.17) is 9.47 Å². The molecule has 6 heteroatoms. The summed E-state index contributed by atoms with van der Waals surface area (Å²) < 4.78 is 11.2. The molecule has 0 saturated carbocycles. The Hall–Kier alpha value is -3.02. The molecule has 0 heterocycles. The number of rotatable bonds is 11. The van der Waals surface area contributed by atoms with Gasteiger partial charge in [-0.15, -0.1) is 0 Å². The normalized spacial score (nSPS) is 10.3. The number of hydrogen-bond donors (Lipinski definition) is 1. The topological polar surface area (TPSA) is 67.9 Å². The van der Waals surface area contributed by atoms with Crippen LogP contribution in [0.3, 0.4) is 0 Å². The lowest BCUT2D eigenvalue weighted by Crippen LogP contribution is -2.30. The molecule has 0 unspecified atom stereocenters. The molecule has 2 amide bonds. The minimum absolute atomic E-state index is 0.00245. The molecule has 0 saturated heterocycles. The Balaban J connectivity index is 1.77. The average molecular weight is 399 g/mol. The third-order valence-corrected chi connectivity index (χ3v) is 4.42. The number of nitrogens with one attached hydrogen (secondary N) is 1. The molecule has 0 atom stereocenters. The molecule has 0 fully saturated rings. The maximum absolute atomic E-state index is 12.3. The van der Waals surface area contributed by atoms with Crippen molar-refractivity contribution >= 4 is 17.5 Å². The van der Waals surface area contributed by atoms with Crippen molar-refractivity contribution in [2.45, 2.75) is 33.6 Å². The molecule has 0 bridgehead atoms. The molecule has 0 radical (unpaired) electrons. The smallest absolute Gasteiger partial charge is 0.253 e. The van der Waals surface area contributed by atoms with Crippen LogP contribution in [-0.2, 0) is 4.79 Å². The standard InChI is InChI=1S/C23H30N2O4/c1-4-25(5-2)23(27)18-13-15-19(16-14-18)24-22(26)12-9-17-29-21-11-8-7-10-20(21)28-6-3/h7-8,10-11,13-16H,4-6,9,12,17H2,1-3H3,(H,24,26). The number of anilines is 1. The van der Waals surface area contributed by atoms with E-state index in [2.05, 4.69) is 5.32 Å². The van der Waals surface area contributed by atoms with Gasteiger partial charge in [0, 0.05) is 30.8 Å². The van der Waals surface area contributed by atoms with Crippen LogP contribution < -0.4 is 14.8 Å². The molecule has 0 aliphatic carbocycles. The van der Waals surface area contributed by atoms with Crippen molar-refractivity contribution in [1.82, 2.24) is 4.90 Å². The zero-order chi connectivity index (χ0) is 21.1. The van der Waals surface area contributed by atoms with Crippen LogP contribution in [0.2, 0.25) is 0 Å². The predicted molar refractivity (Wildman–Crippen MR) is 115 cm³/mol. The third kappa shape index (κ3) is 6.82. The summed E-state index contributed by atoms with van der Waals surface area (Å²) in [5.41, 5.74) is 1.29. The number of ether oxygens (including phenoxy) is 2. The van der Waals surface area contributed by atoms with E-state index in [-0.39, 0.29) is 11.8 Å². The van der Waals surface area contributed by atoms with Crippen molar-refractivity contribution in [1.29, 1.82) is 0 Å². The Morgan fingerprint density at radius 2 is 1.52 bits per heavy atom. The molecule has 2 rings (SSSR count). The summed E-state index contributed by atoms with van der Waals surface area (Å²) in [6, 6.07) is 14.5. The summed E-state index contributed by atoms with van der Waals surface area (Å²) in [4.78, 5) is 26.2. The first kappa shape index (κ1) is 22.3. The second-order valence-electron chi connectivity index (χ2n) is 6.43. The Labute approximate surface area is 172 Å². The Bertz CT molecular complexity index is 786. The van der Waals surface area contributed by atoms with Gasteiger partial charge >= 0.3 is 0 Å². The van der Waals surface area contributed by atoms with Gasteiger partial charge in [-0.25, -0.2) is 0 Å². The Morgan fingerprint density at radius 1 is 0.897 bits per heavy atom. The van der Waals surface area contributed by atoms with Crippen LogP contribution in [0.5, 0.6) is 11.5 Å². The van der Waals surface area contributed by atoms with Crippen LogP contribution in [0.15, 0.2) is 48.5 Å². The molecule has 0 spiro atoms. The van der Waals surface area contributed by atoms with E-state index in [9.17, 15) is 9.59 Å². The highest BCUT2D eigenvalue weighted by Gasteiger charge is 2.12. The predicted octanol–water partition coefficient (Wildman–Crippen LogP) is 4.37. The second-order valence-corrected chi connectivity index (χ2v) is 6.43. The second kappa shape index (κ2) is 11.7. The molecular formula is C23H30N2O4. The van der Waals surface area contributed by atoms with Crippen molar-refractivity contribution in [3.05, 3.63) is 54.1 Å². The minimum Gasteiger partial charge on any atom is -0.490 e. The molecule has 1 N–H and O–H groups in total. The molecule has 2 aromatic carbocycles. The van der Waals surface area contributed by atoms with Gasteiger partial charge in [0.1, 0.15) is 0 Å². The van der Waals surface area contributed by atoms with Crippen molar-refractivity contribution < 1.29 is 19.1 Å². The number of para-hydroxylation sites is 2. The SMILES string of the molecule is CCOc1ccccc1OCCCC(=O)Nc1ccc(C(=O)N(CC)CC)cc1. The largest absolute Gasteiger partial charge is 0.490 e. The van der Waals surface area contributed by atoms with Gasteiger partial charge in [0.15, 0.2) is 11.5 Å². The van der Waals surface area contributed by atoms with Crippen LogP contribution in [0.25, 0.3) is 0 Å². The zero-order valence-corrected chi connectivity index (χ0v) is 17.4. The summed E-state index contributed by atoms with van der Waals surface area (Å²) in [7, 11) is 0. The first-order valence-electron chi connectivity index (χ1n) is 10.1. The van der Waals surface area contributed by atoms with Gasteiger partial charge in [-0.2, -0.15) is 0 Å². The summed E-state index contributed by atoms with van der Waals surface area (Å²) in [5.74, 6) is 1.30. The number of carbonyl (C=O) groups is 2. The van der Waals surface area contributed by atoms with E-state index in [1.807, 2.05) is 45.0 Å². The quantitative estimate of drug-likeness (QED) is 0.571. The highest BCUT2D eigenvalue weighted by Crippen LogP contribution is 2.26. The van der Waals surface area contributed by atoms with Crippen LogP contribution in [0.4, 0.5) is 5.69 Å². The van der Waals surface area contributed by atoms with Crippen LogP contribution >= 0.6 is 0 Å². The van der Waals surface area contributed by atoms with Crippen molar-refractivity contribution in [3.8, 4) is 11.5 Å². The fraction of sp³-hybridized carbons (Fsp3) is 0.391. The van der Waals surface area contributed by atoms with Crippen molar-refractivity contribution in [2.24, 2.45) is 0 Å². The lowest BCUT2D eigenvalue weighted by atomic mass is 10.1. The van der Waals surface area contributed by atoms with Gasteiger partial charge in [0.25, 0.3) is 5.91 Å². The number of benzene rings is 2. The lowest BCUT2D eigenvalue weighted by molar-refractivity contribution is -0.116. The summed E-state index contributed by atoms with van der Waals surface area (Å²) in [6.07, 6.45) is 0.932. The number of carbonyl (C=O) groups excluding carboxylic acids is 2. The molecule has 29 heavy (non-hydrogen) atoms. The Morgan fingerprint density at radius 3 is 2.10 bits per heavy atom.